The molecule has 2 aliphatic carbocycles. The van der Waals surface area contributed by atoms with Gasteiger partial charge in [0.05, 0.1) is 13.2 Å². The Balaban J connectivity index is 2.38. The summed E-state index contributed by atoms with van der Waals surface area (Å²) in [6.45, 7) is 14.1. The van der Waals surface area contributed by atoms with Gasteiger partial charge in [-0.05, 0) is 60.3 Å². The first-order chi connectivity index (χ1) is 13.5. The third-order valence-corrected chi connectivity index (χ3v) is 7.67. The van der Waals surface area contributed by atoms with Crippen LogP contribution in [0.2, 0.25) is 0 Å². The highest BCUT2D eigenvalue weighted by molar-refractivity contribution is 5.67. The molecule has 0 bridgehead atoms. The number of aliphatic hydroxyl groups is 1. The molecule has 4 atom stereocenters. The van der Waals surface area contributed by atoms with Crippen molar-refractivity contribution in [2.75, 3.05) is 13.2 Å². The van der Waals surface area contributed by atoms with Crippen LogP contribution in [-0.4, -0.2) is 30.3 Å². The van der Waals surface area contributed by atoms with Gasteiger partial charge in [0.25, 0.3) is 0 Å². The molecule has 164 valence electrons. The SMILES string of the molecule is C=C1CCCC2C1(C)CCC(C)C2(C)C/C(OC(C)=O)=C(/CO)CCOC(C)=O. The zero-order valence-corrected chi connectivity index (χ0v) is 18.8. The predicted octanol–water partition coefficient (Wildman–Crippen LogP) is 4.94. The van der Waals surface area contributed by atoms with Gasteiger partial charge in [0.1, 0.15) is 5.76 Å². The van der Waals surface area contributed by atoms with E-state index >= 15 is 0 Å². The summed E-state index contributed by atoms with van der Waals surface area (Å²) >= 11 is 0. The van der Waals surface area contributed by atoms with Crippen molar-refractivity contribution in [1.29, 1.82) is 0 Å². The first-order valence-corrected chi connectivity index (χ1v) is 10.9. The number of carbonyl (C=O) groups excluding carboxylic acids is 2. The molecule has 0 heterocycles. The third kappa shape index (κ3) is 5.11. The molecule has 2 rings (SSSR count). The second kappa shape index (κ2) is 9.46. The topological polar surface area (TPSA) is 72.8 Å². The van der Waals surface area contributed by atoms with Gasteiger partial charge in [0, 0.05) is 26.7 Å². The lowest BCUT2D eigenvalue weighted by Gasteiger charge is -2.58. The van der Waals surface area contributed by atoms with E-state index < -0.39 is 0 Å². The van der Waals surface area contributed by atoms with Gasteiger partial charge in [-0.2, -0.15) is 0 Å². The number of esters is 2. The summed E-state index contributed by atoms with van der Waals surface area (Å²) in [4.78, 5) is 22.9. The van der Waals surface area contributed by atoms with Gasteiger partial charge in [0.2, 0.25) is 0 Å². The van der Waals surface area contributed by atoms with Crippen LogP contribution in [-0.2, 0) is 19.1 Å². The fourth-order valence-electron chi connectivity index (χ4n) is 5.64. The van der Waals surface area contributed by atoms with Crippen molar-refractivity contribution in [3.05, 3.63) is 23.5 Å². The van der Waals surface area contributed by atoms with Crippen LogP contribution in [0.3, 0.4) is 0 Å². The van der Waals surface area contributed by atoms with Crippen molar-refractivity contribution >= 4 is 11.9 Å². The van der Waals surface area contributed by atoms with Crippen LogP contribution in [0.1, 0.15) is 79.6 Å². The molecule has 4 unspecified atom stereocenters. The Morgan fingerprint density at radius 3 is 2.48 bits per heavy atom. The van der Waals surface area contributed by atoms with E-state index in [9.17, 15) is 14.7 Å². The number of fused-ring (bicyclic) bond motifs is 1. The van der Waals surface area contributed by atoms with E-state index in [0.717, 1.165) is 32.1 Å². The molecule has 1 N–H and O–H groups in total. The van der Waals surface area contributed by atoms with E-state index in [1.165, 1.54) is 19.4 Å². The Morgan fingerprint density at radius 1 is 1.21 bits per heavy atom. The normalized spacial score (nSPS) is 32.8. The molecule has 29 heavy (non-hydrogen) atoms. The van der Waals surface area contributed by atoms with Gasteiger partial charge in [-0.15, -0.1) is 0 Å². The molecule has 5 heteroatoms. The highest BCUT2D eigenvalue weighted by Crippen LogP contribution is 2.63. The fraction of sp³-hybridized carbons (Fsp3) is 0.750. The molecule has 0 radical (unpaired) electrons. The van der Waals surface area contributed by atoms with Gasteiger partial charge < -0.3 is 14.6 Å². The quantitative estimate of drug-likeness (QED) is 0.368. The van der Waals surface area contributed by atoms with E-state index in [1.807, 2.05) is 0 Å². The first-order valence-electron chi connectivity index (χ1n) is 10.9. The highest BCUT2D eigenvalue weighted by Gasteiger charge is 2.54. The molecule has 2 saturated carbocycles. The maximum atomic E-state index is 11.8. The van der Waals surface area contributed by atoms with Gasteiger partial charge >= 0.3 is 11.9 Å². The molecule has 0 amide bonds. The average Bonchev–Trinajstić information content (AvgIpc) is 2.63. The van der Waals surface area contributed by atoms with Crippen molar-refractivity contribution in [2.24, 2.45) is 22.7 Å². The van der Waals surface area contributed by atoms with Crippen LogP contribution in [0.4, 0.5) is 0 Å². The van der Waals surface area contributed by atoms with Crippen molar-refractivity contribution < 1.29 is 24.2 Å². The van der Waals surface area contributed by atoms with Crippen LogP contribution >= 0.6 is 0 Å². The number of hydrogen-bond acceptors (Lipinski definition) is 5. The second-order valence-electron chi connectivity index (χ2n) is 9.46. The second-order valence-corrected chi connectivity index (χ2v) is 9.46. The maximum absolute atomic E-state index is 11.8. The lowest BCUT2D eigenvalue weighted by molar-refractivity contribution is -0.141. The third-order valence-electron chi connectivity index (χ3n) is 7.67. The molecule has 0 aromatic heterocycles. The van der Waals surface area contributed by atoms with Gasteiger partial charge in [-0.1, -0.05) is 32.9 Å². The van der Waals surface area contributed by atoms with E-state index in [1.54, 1.807) is 0 Å². The minimum atomic E-state index is -0.388. The molecule has 0 saturated heterocycles. The van der Waals surface area contributed by atoms with Crippen molar-refractivity contribution in [3.8, 4) is 0 Å². The predicted molar refractivity (Wildman–Crippen MR) is 113 cm³/mol. The Morgan fingerprint density at radius 2 is 1.90 bits per heavy atom. The molecule has 2 fully saturated rings. The number of aliphatic hydroxyl groups excluding tert-OH is 1. The van der Waals surface area contributed by atoms with Crippen LogP contribution in [0, 0.1) is 22.7 Å². The van der Waals surface area contributed by atoms with Crippen molar-refractivity contribution in [3.63, 3.8) is 0 Å². The zero-order valence-electron chi connectivity index (χ0n) is 18.8. The molecule has 5 nitrogen and oxygen atoms in total. The van der Waals surface area contributed by atoms with Crippen LogP contribution < -0.4 is 0 Å². The van der Waals surface area contributed by atoms with E-state index in [4.69, 9.17) is 9.47 Å². The standard InChI is InChI=1S/C24H38O5/c1-16-8-7-9-22-23(16,5)12-10-17(2)24(22,6)14-21(29-19(4)27)20(15-25)11-13-28-18(3)26/h17,22,25H,1,7-15H2,2-6H3/b21-20-. The Labute approximate surface area is 175 Å². The lowest BCUT2D eigenvalue weighted by atomic mass is 9.46. The van der Waals surface area contributed by atoms with Crippen LogP contribution in [0.5, 0.6) is 0 Å². The van der Waals surface area contributed by atoms with E-state index in [-0.39, 0.29) is 36.0 Å². The summed E-state index contributed by atoms with van der Waals surface area (Å²) in [6, 6.07) is 0. The summed E-state index contributed by atoms with van der Waals surface area (Å²) in [7, 11) is 0. The Kier molecular flexibility index (Phi) is 7.72. The molecule has 0 aliphatic heterocycles. The molecule has 0 aromatic carbocycles. The number of hydrogen-bond donors (Lipinski definition) is 1. The minimum Gasteiger partial charge on any atom is -0.466 e. The summed E-state index contributed by atoms with van der Waals surface area (Å²) in [5, 5.41) is 9.98. The smallest absolute Gasteiger partial charge is 0.307 e. The van der Waals surface area contributed by atoms with Crippen molar-refractivity contribution in [2.45, 2.75) is 79.6 Å². The molecule has 0 spiro atoms. The monoisotopic (exact) mass is 406 g/mol. The summed E-state index contributed by atoms with van der Waals surface area (Å²) in [6.07, 6.45) is 6.60. The number of rotatable bonds is 7. The largest absolute Gasteiger partial charge is 0.466 e. The van der Waals surface area contributed by atoms with Gasteiger partial charge in [-0.3, -0.25) is 9.59 Å². The number of carbonyl (C=O) groups is 2. The molecular formula is C24H38O5. The number of ether oxygens (including phenoxy) is 2. The van der Waals surface area contributed by atoms with Gasteiger partial charge in [-0.25, -0.2) is 0 Å². The van der Waals surface area contributed by atoms with E-state index in [0.29, 0.717) is 36.0 Å². The maximum Gasteiger partial charge on any atom is 0.307 e. The average molecular weight is 407 g/mol. The van der Waals surface area contributed by atoms with Crippen LogP contribution in [0.25, 0.3) is 0 Å². The lowest BCUT2D eigenvalue weighted by Crippen LogP contribution is -2.50. The van der Waals surface area contributed by atoms with E-state index in [2.05, 4.69) is 27.4 Å². The summed E-state index contributed by atoms with van der Waals surface area (Å²) < 4.78 is 10.7. The fourth-order valence-corrected chi connectivity index (χ4v) is 5.64. The summed E-state index contributed by atoms with van der Waals surface area (Å²) in [5.41, 5.74) is 2.03. The van der Waals surface area contributed by atoms with Gasteiger partial charge in [0.15, 0.2) is 0 Å². The Bertz CT molecular complexity index is 679. The molecule has 0 aromatic rings. The summed E-state index contributed by atoms with van der Waals surface area (Å²) in [5.74, 6) is 0.716. The van der Waals surface area contributed by atoms with Crippen LogP contribution in [0.15, 0.2) is 23.5 Å². The Hall–Kier alpha value is -1.62. The molecule has 2 aliphatic rings. The zero-order chi connectivity index (χ0) is 21.8. The first kappa shape index (κ1) is 23.7. The minimum absolute atomic E-state index is 0.0665. The molecular weight excluding hydrogens is 368 g/mol. The number of allylic oxidation sites excluding steroid dienone is 2. The highest BCUT2D eigenvalue weighted by atomic mass is 16.5. The van der Waals surface area contributed by atoms with Crippen molar-refractivity contribution in [1.82, 2.24) is 0 Å².